The molecule has 16 heavy (non-hydrogen) atoms. The number of hydrogen-bond acceptors (Lipinski definition) is 3. The van der Waals surface area contributed by atoms with E-state index in [2.05, 4.69) is 4.98 Å². The number of aromatic nitrogens is 1. The molecule has 0 fully saturated rings. The Morgan fingerprint density at radius 2 is 2.31 bits per heavy atom. The highest BCUT2D eigenvalue weighted by molar-refractivity contribution is 5.93. The van der Waals surface area contributed by atoms with Crippen molar-refractivity contribution in [1.82, 2.24) is 9.88 Å². The van der Waals surface area contributed by atoms with Crippen molar-refractivity contribution in [2.24, 2.45) is 0 Å². The van der Waals surface area contributed by atoms with Gasteiger partial charge in [0, 0.05) is 32.6 Å². The molecule has 0 radical (unpaired) electrons. The standard InChI is InChI=1S/C11H16N2O3/c1-8(7-16-3)13(2)11(15)9-6-12-5-4-10(9)14/h4-6,8H,7H2,1-3H3,(H,12,14). The maximum absolute atomic E-state index is 11.9. The number of amides is 1. The molecule has 5 nitrogen and oxygen atoms in total. The van der Waals surface area contributed by atoms with Crippen LogP contribution in [0.4, 0.5) is 0 Å². The van der Waals surface area contributed by atoms with E-state index in [4.69, 9.17) is 4.74 Å². The van der Waals surface area contributed by atoms with Crippen LogP contribution < -0.4 is 5.43 Å². The Kier molecular flexibility index (Phi) is 4.25. The SMILES string of the molecule is COCC(C)N(C)C(=O)c1c[nH]ccc1=O. The van der Waals surface area contributed by atoms with E-state index in [1.807, 2.05) is 6.92 Å². The Hall–Kier alpha value is -1.62. The van der Waals surface area contributed by atoms with Gasteiger partial charge in [-0.2, -0.15) is 0 Å². The zero-order valence-corrected chi connectivity index (χ0v) is 9.69. The second-order valence-corrected chi connectivity index (χ2v) is 3.64. The molecule has 1 aromatic rings. The van der Waals surface area contributed by atoms with Crippen LogP contribution in [0.2, 0.25) is 0 Å². The molecule has 1 aromatic heterocycles. The van der Waals surface area contributed by atoms with E-state index in [0.717, 1.165) is 0 Å². The van der Waals surface area contributed by atoms with E-state index in [-0.39, 0.29) is 22.9 Å². The number of carbonyl (C=O) groups is 1. The van der Waals surface area contributed by atoms with Crippen LogP contribution in [0.5, 0.6) is 0 Å². The van der Waals surface area contributed by atoms with Crippen molar-refractivity contribution in [1.29, 1.82) is 0 Å². The second-order valence-electron chi connectivity index (χ2n) is 3.64. The van der Waals surface area contributed by atoms with Gasteiger partial charge in [0.05, 0.1) is 12.6 Å². The smallest absolute Gasteiger partial charge is 0.259 e. The second kappa shape index (κ2) is 5.46. The van der Waals surface area contributed by atoms with Gasteiger partial charge in [-0.3, -0.25) is 9.59 Å². The van der Waals surface area contributed by atoms with Crippen LogP contribution in [0, 0.1) is 0 Å². The number of methoxy groups -OCH3 is 1. The molecular weight excluding hydrogens is 208 g/mol. The predicted octanol–water partition coefficient (Wildman–Crippen LogP) is 0.482. The number of likely N-dealkylation sites (N-methyl/N-ethyl adjacent to an activating group) is 1. The Morgan fingerprint density at radius 3 is 2.88 bits per heavy atom. The summed E-state index contributed by atoms with van der Waals surface area (Å²) in [6.07, 6.45) is 2.92. The molecule has 1 unspecified atom stereocenters. The maximum Gasteiger partial charge on any atom is 0.259 e. The van der Waals surface area contributed by atoms with E-state index in [1.54, 1.807) is 14.2 Å². The Labute approximate surface area is 94.0 Å². The fourth-order valence-electron chi connectivity index (χ4n) is 1.33. The van der Waals surface area contributed by atoms with E-state index in [0.29, 0.717) is 6.61 Å². The number of H-pyrrole nitrogens is 1. The summed E-state index contributed by atoms with van der Waals surface area (Å²) in [5.41, 5.74) is -0.131. The Bertz CT molecular complexity index is 414. The Morgan fingerprint density at radius 1 is 1.62 bits per heavy atom. The fraction of sp³-hybridized carbons (Fsp3) is 0.455. The van der Waals surface area contributed by atoms with E-state index < -0.39 is 0 Å². The Balaban J connectivity index is 2.86. The average Bonchev–Trinajstić information content (AvgIpc) is 2.28. The lowest BCUT2D eigenvalue weighted by Gasteiger charge is -2.23. The molecule has 1 heterocycles. The summed E-state index contributed by atoms with van der Waals surface area (Å²) in [6.45, 7) is 2.30. The average molecular weight is 224 g/mol. The van der Waals surface area contributed by atoms with Crippen LogP contribution in [-0.2, 0) is 4.74 Å². The molecule has 0 aliphatic rings. The van der Waals surface area contributed by atoms with Crippen LogP contribution in [0.1, 0.15) is 17.3 Å². The first kappa shape index (κ1) is 12.4. The van der Waals surface area contributed by atoms with Gasteiger partial charge in [-0.25, -0.2) is 0 Å². The number of nitrogens with zero attached hydrogens (tertiary/aromatic N) is 1. The summed E-state index contributed by atoms with van der Waals surface area (Å²) in [5.74, 6) is -0.300. The number of hydrogen-bond donors (Lipinski definition) is 1. The van der Waals surface area contributed by atoms with Gasteiger partial charge in [-0.15, -0.1) is 0 Å². The molecule has 0 spiro atoms. The number of rotatable bonds is 4. The van der Waals surface area contributed by atoms with Crippen molar-refractivity contribution in [2.45, 2.75) is 13.0 Å². The lowest BCUT2D eigenvalue weighted by molar-refractivity contribution is 0.0632. The van der Waals surface area contributed by atoms with Crippen LogP contribution in [0.15, 0.2) is 23.3 Å². The molecule has 0 aliphatic carbocycles. The molecule has 1 amide bonds. The van der Waals surface area contributed by atoms with Gasteiger partial charge in [0.2, 0.25) is 0 Å². The third kappa shape index (κ3) is 2.70. The number of ether oxygens (including phenoxy) is 1. The summed E-state index contributed by atoms with van der Waals surface area (Å²) in [6, 6.07) is 1.26. The van der Waals surface area contributed by atoms with Gasteiger partial charge >= 0.3 is 0 Å². The highest BCUT2D eigenvalue weighted by atomic mass is 16.5. The van der Waals surface area contributed by atoms with Crippen LogP contribution >= 0.6 is 0 Å². The monoisotopic (exact) mass is 224 g/mol. The van der Waals surface area contributed by atoms with Gasteiger partial charge in [0.15, 0.2) is 5.43 Å². The fourth-order valence-corrected chi connectivity index (χ4v) is 1.33. The van der Waals surface area contributed by atoms with E-state index in [1.165, 1.54) is 23.4 Å². The number of aromatic amines is 1. The van der Waals surface area contributed by atoms with E-state index in [9.17, 15) is 9.59 Å². The van der Waals surface area contributed by atoms with Gasteiger partial charge in [-0.05, 0) is 6.92 Å². The first-order chi connectivity index (χ1) is 7.57. The third-order valence-electron chi connectivity index (χ3n) is 2.44. The molecule has 88 valence electrons. The highest BCUT2D eigenvalue weighted by Crippen LogP contribution is 2.02. The van der Waals surface area contributed by atoms with Crippen molar-refractivity contribution < 1.29 is 9.53 Å². The maximum atomic E-state index is 11.9. The highest BCUT2D eigenvalue weighted by Gasteiger charge is 2.19. The number of nitrogens with one attached hydrogen (secondary N) is 1. The zero-order valence-electron chi connectivity index (χ0n) is 9.69. The molecule has 0 aliphatic heterocycles. The van der Waals surface area contributed by atoms with Crippen molar-refractivity contribution in [3.8, 4) is 0 Å². The molecule has 1 rings (SSSR count). The van der Waals surface area contributed by atoms with Crippen molar-refractivity contribution in [3.63, 3.8) is 0 Å². The van der Waals surface area contributed by atoms with Gasteiger partial charge in [0.25, 0.3) is 5.91 Å². The molecule has 0 saturated carbocycles. The zero-order chi connectivity index (χ0) is 12.1. The number of carbonyl (C=O) groups excluding carboxylic acids is 1. The largest absolute Gasteiger partial charge is 0.383 e. The van der Waals surface area contributed by atoms with Gasteiger partial charge < -0.3 is 14.6 Å². The molecule has 0 saturated heterocycles. The molecule has 1 atom stereocenters. The van der Waals surface area contributed by atoms with Crippen LogP contribution in [0.3, 0.4) is 0 Å². The quantitative estimate of drug-likeness (QED) is 0.809. The van der Waals surface area contributed by atoms with Crippen molar-refractivity contribution >= 4 is 5.91 Å². The lowest BCUT2D eigenvalue weighted by Crippen LogP contribution is -2.39. The lowest BCUT2D eigenvalue weighted by atomic mass is 10.2. The summed E-state index contributed by atoms with van der Waals surface area (Å²) >= 11 is 0. The minimum atomic E-state index is -0.300. The molecule has 0 aromatic carbocycles. The minimum Gasteiger partial charge on any atom is -0.383 e. The summed E-state index contributed by atoms with van der Waals surface area (Å²) in [4.78, 5) is 27.6. The van der Waals surface area contributed by atoms with Crippen molar-refractivity contribution in [3.05, 3.63) is 34.2 Å². The van der Waals surface area contributed by atoms with Crippen LogP contribution in [-0.4, -0.2) is 42.6 Å². The number of pyridine rings is 1. The third-order valence-corrected chi connectivity index (χ3v) is 2.44. The summed E-state index contributed by atoms with van der Waals surface area (Å²) in [5, 5.41) is 0. The molecule has 5 heteroatoms. The first-order valence-corrected chi connectivity index (χ1v) is 5.01. The van der Waals surface area contributed by atoms with Crippen LogP contribution in [0.25, 0.3) is 0 Å². The van der Waals surface area contributed by atoms with Gasteiger partial charge in [0.1, 0.15) is 5.56 Å². The summed E-state index contributed by atoms with van der Waals surface area (Å²) in [7, 11) is 3.22. The topological polar surface area (TPSA) is 62.4 Å². The molecule has 1 N–H and O–H groups in total. The molecule has 0 bridgehead atoms. The van der Waals surface area contributed by atoms with Crippen molar-refractivity contribution in [2.75, 3.05) is 20.8 Å². The van der Waals surface area contributed by atoms with E-state index >= 15 is 0 Å². The summed E-state index contributed by atoms with van der Waals surface area (Å²) < 4.78 is 4.96. The van der Waals surface area contributed by atoms with Gasteiger partial charge in [-0.1, -0.05) is 0 Å². The first-order valence-electron chi connectivity index (χ1n) is 5.01. The minimum absolute atomic E-state index is 0.0721. The normalized spacial score (nSPS) is 12.2. The molecular formula is C11H16N2O3. The predicted molar refractivity (Wildman–Crippen MR) is 60.5 cm³/mol.